The number of anilines is 3. The second kappa shape index (κ2) is 9.76. The quantitative estimate of drug-likeness (QED) is 0.194. The Kier molecular flexibility index (Phi) is 6.56. The van der Waals surface area contributed by atoms with Crippen molar-refractivity contribution in [1.29, 1.82) is 0 Å². The summed E-state index contributed by atoms with van der Waals surface area (Å²) in [5.74, 6) is -0.642. The number of ether oxygens (including phenoxy) is 1. The van der Waals surface area contributed by atoms with E-state index in [1.807, 2.05) is 12.1 Å². The van der Waals surface area contributed by atoms with Crippen molar-refractivity contribution >= 4 is 62.8 Å². The van der Waals surface area contributed by atoms with Gasteiger partial charge in [0.25, 0.3) is 0 Å². The highest BCUT2D eigenvalue weighted by atomic mass is 35.5. The zero-order valence-electron chi connectivity index (χ0n) is 17.6. The molecule has 7 nitrogen and oxygen atoms in total. The van der Waals surface area contributed by atoms with Gasteiger partial charge in [-0.2, -0.15) is 0 Å². The van der Waals surface area contributed by atoms with Crippen molar-refractivity contribution in [3.05, 3.63) is 81.0 Å². The Morgan fingerprint density at radius 3 is 2.74 bits per heavy atom. The fraction of sp³-hybridized carbons (Fsp3) is 0.174. The van der Waals surface area contributed by atoms with Crippen molar-refractivity contribution in [3.8, 4) is 0 Å². The third-order valence-electron chi connectivity index (χ3n) is 5.51. The number of pyridine rings is 1. The standard InChI is InChI=1S/C23H18Cl3FN6O/c24-15-1-2-18(21(27)20(15)26)31-17-3-6-28-23-14(17)9-13(10-16(23)25)30-22(19-11-29-33-32-19)12-4-7-34-8-5-12/h1-4,6,9-11,22,30H,5,7-8H2,(H,28,31)(H,29,32,33)/t22-/m0/s1. The van der Waals surface area contributed by atoms with Gasteiger partial charge in [-0.05, 0) is 42.3 Å². The second-order valence-corrected chi connectivity index (χ2v) is 8.83. The average Bonchev–Trinajstić information content (AvgIpc) is 3.38. The molecular weight excluding hydrogens is 502 g/mol. The normalized spacial score (nSPS) is 14.6. The highest BCUT2D eigenvalue weighted by Crippen LogP contribution is 2.37. The van der Waals surface area contributed by atoms with Gasteiger partial charge in [-0.3, -0.25) is 10.1 Å². The Labute approximate surface area is 209 Å². The van der Waals surface area contributed by atoms with Crippen LogP contribution in [0.2, 0.25) is 15.1 Å². The minimum Gasteiger partial charge on any atom is -0.377 e. The SMILES string of the molecule is Fc1c(Nc2ccnc3c(Cl)cc(N[C@@H](C4=CCOCC4)c4c[nH]nn4)cc23)ccc(Cl)c1Cl. The maximum absolute atomic E-state index is 14.7. The Morgan fingerprint density at radius 2 is 1.97 bits per heavy atom. The van der Waals surface area contributed by atoms with Gasteiger partial charge in [0.1, 0.15) is 5.69 Å². The number of rotatable bonds is 6. The Hall–Kier alpha value is -2.91. The Bertz CT molecular complexity index is 1380. The highest BCUT2D eigenvalue weighted by Gasteiger charge is 2.22. The third-order valence-corrected chi connectivity index (χ3v) is 6.58. The van der Waals surface area contributed by atoms with Crippen LogP contribution in [-0.4, -0.2) is 33.6 Å². The minimum absolute atomic E-state index is 0.139. The number of nitrogens with one attached hydrogen (secondary N) is 3. The van der Waals surface area contributed by atoms with Crippen LogP contribution in [0.4, 0.5) is 21.5 Å². The zero-order chi connectivity index (χ0) is 23.7. The predicted molar refractivity (Wildman–Crippen MR) is 133 cm³/mol. The maximum atomic E-state index is 14.7. The second-order valence-electron chi connectivity index (χ2n) is 7.64. The number of benzene rings is 2. The number of fused-ring (bicyclic) bond motifs is 1. The topological polar surface area (TPSA) is 87.8 Å². The smallest absolute Gasteiger partial charge is 0.166 e. The van der Waals surface area contributed by atoms with Crippen LogP contribution >= 0.6 is 34.8 Å². The summed E-state index contributed by atoms with van der Waals surface area (Å²) in [6.45, 7) is 1.17. The van der Waals surface area contributed by atoms with E-state index >= 15 is 0 Å². The van der Waals surface area contributed by atoms with Gasteiger partial charge in [0.15, 0.2) is 5.82 Å². The molecule has 34 heavy (non-hydrogen) atoms. The van der Waals surface area contributed by atoms with E-state index in [1.165, 1.54) is 12.1 Å². The van der Waals surface area contributed by atoms with Crippen molar-refractivity contribution in [2.75, 3.05) is 23.8 Å². The molecule has 1 atom stereocenters. The summed E-state index contributed by atoms with van der Waals surface area (Å²) in [5, 5.41) is 18.5. The van der Waals surface area contributed by atoms with Gasteiger partial charge in [-0.1, -0.05) is 46.1 Å². The Morgan fingerprint density at radius 1 is 1.09 bits per heavy atom. The molecule has 0 saturated carbocycles. The number of halogens is 4. The largest absolute Gasteiger partial charge is 0.377 e. The molecule has 0 saturated heterocycles. The number of nitrogens with zero attached hydrogens (tertiary/aromatic N) is 3. The van der Waals surface area contributed by atoms with Gasteiger partial charge < -0.3 is 15.4 Å². The average molecular weight is 520 g/mol. The molecule has 0 spiro atoms. The summed E-state index contributed by atoms with van der Waals surface area (Å²) >= 11 is 18.5. The van der Waals surface area contributed by atoms with E-state index in [-0.39, 0.29) is 21.8 Å². The summed E-state index contributed by atoms with van der Waals surface area (Å²) < 4.78 is 20.1. The number of aromatic amines is 1. The number of aromatic nitrogens is 4. The van der Waals surface area contributed by atoms with E-state index in [9.17, 15) is 4.39 Å². The van der Waals surface area contributed by atoms with Gasteiger partial charge in [-0.15, -0.1) is 5.10 Å². The van der Waals surface area contributed by atoms with Crippen LogP contribution in [0.1, 0.15) is 18.2 Å². The number of hydrogen-bond acceptors (Lipinski definition) is 6. The first kappa shape index (κ1) is 22.9. The monoisotopic (exact) mass is 518 g/mol. The van der Waals surface area contributed by atoms with Crippen molar-refractivity contribution in [2.24, 2.45) is 0 Å². The first-order chi connectivity index (χ1) is 16.5. The number of hydrogen-bond donors (Lipinski definition) is 3. The molecular formula is C23H18Cl3FN6O. The molecule has 5 rings (SSSR count). The molecule has 0 amide bonds. The lowest BCUT2D eigenvalue weighted by Crippen LogP contribution is -2.18. The summed E-state index contributed by atoms with van der Waals surface area (Å²) in [5.41, 5.74) is 3.98. The van der Waals surface area contributed by atoms with Crippen molar-refractivity contribution in [1.82, 2.24) is 20.4 Å². The van der Waals surface area contributed by atoms with Crippen LogP contribution in [-0.2, 0) is 4.74 Å². The van der Waals surface area contributed by atoms with Gasteiger partial charge in [0.2, 0.25) is 0 Å². The molecule has 0 fully saturated rings. The molecule has 174 valence electrons. The molecule has 1 aliphatic heterocycles. The minimum atomic E-state index is -0.642. The molecule has 2 aromatic carbocycles. The third kappa shape index (κ3) is 4.54. The van der Waals surface area contributed by atoms with E-state index in [4.69, 9.17) is 39.5 Å². The van der Waals surface area contributed by atoms with E-state index < -0.39 is 5.82 Å². The zero-order valence-corrected chi connectivity index (χ0v) is 19.8. The summed E-state index contributed by atoms with van der Waals surface area (Å²) in [6, 6.07) is 8.27. The summed E-state index contributed by atoms with van der Waals surface area (Å²) in [6.07, 6.45) is 6.15. The lowest BCUT2D eigenvalue weighted by molar-refractivity contribution is 0.153. The molecule has 0 unspecified atom stereocenters. The Balaban J connectivity index is 1.54. The van der Waals surface area contributed by atoms with Crippen molar-refractivity contribution in [3.63, 3.8) is 0 Å². The molecule has 1 aliphatic rings. The summed E-state index contributed by atoms with van der Waals surface area (Å²) in [4.78, 5) is 4.40. The lowest BCUT2D eigenvalue weighted by atomic mass is 9.99. The molecule has 4 aromatic rings. The lowest BCUT2D eigenvalue weighted by Gasteiger charge is -2.24. The van der Waals surface area contributed by atoms with Gasteiger partial charge in [0.05, 0.1) is 45.5 Å². The van der Waals surface area contributed by atoms with Gasteiger partial charge in [0, 0.05) is 29.2 Å². The van der Waals surface area contributed by atoms with Crippen molar-refractivity contribution < 1.29 is 9.13 Å². The van der Waals surface area contributed by atoms with Gasteiger partial charge in [-0.25, -0.2) is 4.39 Å². The van der Waals surface area contributed by atoms with Crippen LogP contribution in [0, 0.1) is 5.82 Å². The van der Waals surface area contributed by atoms with Crippen LogP contribution < -0.4 is 10.6 Å². The van der Waals surface area contributed by atoms with Crippen LogP contribution in [0.5, 0.6) is 0 Å². The molecule has 2 aromatic heterocycles. The first-order valence-corrected chi connectivity index (χ1v) is 11.5. The fourth-order valence-electron chi connectivity index (χ4n) is 3.85. The van der Waals surface area contributed by atoms with Crippen molar-refractivity contribution in [2.45, 2.75) is 12.5 Å². The fourth-order valence-corrected chi connectivity index (χ4v) is 4.43. The van der Waals surface area contributed by atoms with Gasteiger partial charge >= 0.3 is 0 Å². The molecule has 3 N–H and O–H groups in total. The molecule has 0 radical (unpaired) electrons. The molecule has 0 bridgehead atoms. The first-order valence-electron chi connectivity index (χ1n) is 10.4. The van der Waals surface area contributed by atoms with Crippen LogP contribution in [0.15, 0.2) is 54.4 Å². The van der Waals surface area contributed by atoms with E-state index in [1.54, 1.807) is 24.5 Å². The van der Waals surface area contributed by atoms with E-state index in [0.29, 0.717) is 34.8 Å². The highest BCUT2D eigenvalue weighted by molar-refractivity contribution is 6.42. The van der Waals surface area contributed by atoms with Crippen LogP contribution in [0.3, 0.4) is 0 Å². The number of H-pyrrole nitrogens is 1. The molecule has 11 heteroatoms. The maximum Gasteiger partial charge on any atom is 0.166 e. The summed E-state index contributed by atoms with van der Waals surface area (Å²) in [7, 11) is 0. The van der Waals surface area contributed by atoms with E-state index in [0.717, 1.165) is 23.4 Å². The molecule has 0 aliphatic carbocycles. The van der Waals surface area contributed by atoms with Crippen LogP contribution in [0.25, 0.3) is 10.9 Å². The predicted octanol–water partition coefficient (Wildman–Crippen LogP) is 6.70. The van der Waals surface area contributed by atoms with E-state index in [2.05, 4.69) is 31.0 Å². The molecule has 3 heterocycles.